The summed E-state index contributed by atoms with van der Waals surface area (Å²) in [6, 6.07) is 23.9. The Balaban J connectivity index is 1.38. The van der Waals surface area contributed by atoms with Crippen LogP contribution in [0.5, 0.6) is 5.75 Å². The highest BCUT2D eigenvalue weighted by Crippen LogP contribution is 2.20. The molecular weight excluding hydrogens is 422 g/mol. The summed E-state index contributed by atoms with van der Waals surface area (Å²) in [6.07, 6.45) is 4.25. The molecule has 4 rings (SSSR count). The van der Waals surface area contributed by atoms with Gasteiger partial charge in [0.05, 0.1) is 17.6 Å². The summed E-state index contributed by atoms with van der Waals surface area (Å²) in [5, 5.41) is 3.02. The van der Waals surface area contributed by atoms with Crippen LogP contribution in [0.4, 0.5) is 0 Å². The second kappa shape index (κ2) is 11.3. The zero-order chi connectivity index (χ0) is 23.8. The molecule has 0 fully saturated rings. The Kier molecular flexibility index (Phi) is 7.76. The molecule has 0 saturated heterocycles. The first kappa shape index (κ1) is 23.3. The van der Waals surface area contributed by atoms with Crippen LogP contribution in [-0.4, -0.2) is 28.6 Å². The lowest BCUT2D eigenvalue weighted by atomic mass is 10.1. The van der Waals surface area contributed by atoms with Gasteiger partial charge in [-0.1, -0.05) is 54.1 Å². The standard InChI is InChI=1S/C29H31N3O2/c1-3-10-23-12-4-7-16-27(23)34-20-19-32-26-15-6-5-14-25(26)31-28(32)17-9-18-30-29(33)24-13-8-11-22(2)21-24/h3-8,11-16,21H,1,9-10,17-20H2,2H3,(H,30,33). The fourth-order valence-electron chi connectivity index (χ4n) is 4.12. The van der Waals surface area contributed by atoms with Gasteiger partial charge in [-0.05, 0) is 55.7 Å². The van der Waals surface area contributed by atoms with Gasteiger partial charge in [0, 0.05) is 18.5 Å². The Morgan fingerprint density at radius 1 is 1.09 bits per heavy atom. The van der Waals surface area contributed by atoms with Crippen LogP contribution in [0.25, 0.3) is 11.0 Å². The second-order valence-electron chi connectivity index (χ2n) is 8.35. The largest absolute Gasteiger partial charge is 0.491 e. The number of hydrogen-bond donors (Lipinski definition) is 1. The van der Waals surface area contributed by atoms with Crippen molar-refractivity contribution in [3.05, 3.63) is 108 Å². The first-order chi connectivity index (χ1) is 16.7. The number of fused-ring (bicyclic) bond motifs is 1. The van der Waals surface area contributed by atoms with Crippen LogP contribution in [0.2, 0.25) is 0 Å². The van der Waals surface area contributed by atoms with Crippen molar-refractivity contribution in [2.45, 2.75) is 32.7 Å². The average Bonchev–Trinajstić information content (AvgIpc) is 3.20. The third-order valence-electron chi connectivity index (χ3n) is 5.79. The zero-order valence-corrected chi connectivity index (χ0v) is 19.7. The maximum atomic E-state index is 12.4. The molecular formula is C29H31N3O2. The lowest BCUT2D eigenvalue weighted by Crippen LogP contribution is -2.25. The van der Waals surface area contributed by atoms with E-state index in [1.54, 1.807) is 0 Å². The number of nitrogens with one attached hydrogen (secondary N) is 1. The molecule has 0 aliphatic carbocycles. The van der Waals surface area contributed by atoms with Crippen LogP contribution >= 0.6 is 0 Å². The Labute approximate surface area is 201 Å². The highest BCUT2D eigenvalue weighted by molar-refractivity contribution is 5.94. The van der Waals surface area contributed by atoms with E-state index in [2.05, 4.69) is 28.6 Å². The summed E-state index contributed by atoms with van der Waals surface area (Å²) in [5.41, 5.74) is 4.99. The number of allylic oxidation sites excluding steroid dienone is 1. The van der Waals surface area contributed by atoms with Gasteiger partial charge in [-0.2, -0.15) is 0 Å². The normalized spacial score (nSPS) is 10.9. The maximum Gasteiger partial charge on any atom is 0.251 e. The van der Waals surface area contributed by atoms with E-state index in [4.69, 9.17) is 9.72 Å². The number of rotatable bonds is 11. The first-order valence-electron chi connectivity index (χ1n) is 11.8. The molecule has 0 aliphatic heterocycles. The quantitative estimate of drug-likeness (QED) is 0.240. The minimum Gasteiger partial charge on any atom is -0.491 e. The minimum absolute atomic E-state index is 0.0382. The van der Waals surface area contributed by atoms with Crippen LogP contribution in [0.1, 0.15) is 33.7 Å². The molecule has 4 aromatic rings. The molecule has 5 heteroatoms. The predicted octanol–water partition coefficient (Wildman–Crippen LogP) is 5.51. The van der Waals surface area contributed by atoms with E-state index < -0.39 is 0 Å². The first-order valence-corrected chi connectivity index (χ1v) is 11.8. The number of carbonyl (C=O) groups is 1. The number of hydrogen-bond acceptors (Lipinski definition) is 3. The van der Waals surface area contributed by atoms with Crippen molar-refractivity contribution >= 4 is 16.9 Å². The number of amides is 1. The Bertz CT molecular complexity index is 1280. The van der Waals surface area contributed by atoms with E-state index in [9.17, 15) is 4.79 Å². The van der Waals surface area contributed by atoms with E-state index in [1.807, 2.05) is 73.7 Å². The summed E-state index contributed by atoms with van der Waals surface area (Å²) in [4.78, 5) is 17.3. The summed E-state index contributed by atoms with van der Waals surface area (Å²) in [5.74, 6) is 1.87. The average molecular weight is 454 g/mol. The number of ether oxygens (including phenoxy) is 1. The Morgan fingerprint density at radius 3 is 2.76 bits per heavy atom. The van der Waals surface area contributed by atoms with Crippen molar-refractivity contribution in [2.24, 2.45) is 0 Å². The lowest BCUT2D eigenvalue weighted by molar-refractivity contribution is 0.0953. The molecule has 3 aromatic carbocycles. The molecule has 174 valence electrons. The highest BCUT2D eigenvalue weighted by atomic mass is 16.5. The number of carbonyl (C=O) groups excluding carboxylic acids is 1. The van der Waals surface area contributed by atoms with Gasteiger partial charge in [0.2, 0.25) is 0 Å². The Hall–Kier alpha value is -3.86. The van der Waals surface area contributed by atoms with Crippen molar-refractivity contribution < 1.29 is 9.53 Å². The maximum absolute atomic E-state index is 12.4. The molecule has 0 saturated carbocycles. The Morgan fingerprint density at radius 2 is 1.91 bits per heavy atom. The van der Waals surface area contributed by atoms with Gasteiger partial charge in [0.25, 0.3) is 5.91 Å². The molecule has 1 heterocycles. The van der Waals surface area contributed by atoms with Crippen molar-refractivity contribution in [3.8, 4) is 5.75 Å². The van der Waals surface area contributed by atoms with Gasteiger partial charge in [0.15, 0.2) is 0 Å². The van der Waals surface area contributed by atoms with Crippen molar-refractivity contribution in [1.29, 1.82) is 0 Å². The molecule has 5 nitrogen and oxygen atoms in total. The third kappa shape index (κ3) is 5.73. The van der Waals surface area contributed by atoms with Crippen LogP contribution in [0.3, 0.4) is 0 Å². The van der Waals surface area contributed by atoms with E-state index in [1.165, 1.54) is 0 Å². The fourth-order valence-corrected chi connectivity index (χ4v) is 4.12. The van der Waals surface area contributed by atoms with Gasteiger partial charge in [0.1, 0.15) is 18.2 Å². The van der Waals surface area contributed by atoms with Gasteiger partial charge in [-0.3, -0.25) is 4.79 Å². The molecule has 0 aliphatic rings. The molecule has 0 unspecified atom stereocenters. The van der Waals surface area contributed by atoms with E-state index in [-0.39, 0.29) is 5.91 Å². The second-order valence-corrected chi connectivity index (χ2v) is 8.35. The smallest absolute Gasteiger partial charge is 0.251 e. The lowest BCUT2D eigenvalue weighted by Gasteiger charge is -2.13. The monoisotopic (exact) mass is 453 g/mol. The highest BCUT2D eigenvalue weighted by Gasteiger charge is 2.12. The fraction of sp³-hybridized carbons (Fsp3) is 0.241. The zero-order valence-electron chi connectivity index (χ0n) is 19.7. The SMILES string of the molecule is C=CCc1ccccc1OCCn1c(CCCNC(=O)c2cccc(C)c2)nc2ccccc21. The van der Waals surface area contributed by atoms with E-state index in [0.29, 0.717) is 25.3 Å². The van der Waals surface area contributed by atoms with Crippen molar-refractivity contribution in [2.75, 3.05) is 13.2 Å². The van der Waals surface area contributed by atoms with Crippen molar-refractivity contribution in [3.63, 3.8) is 0 Å². The number of aryl methyl sites for hydroxylation is 2. The molecule has 0 spiro atoms. The molecule has 34 heavy (non-hydrogen) atoms. The molecule has 0 atom stereocenters. The topological polar surface area (TPSA) is 56.1 Å². The van der Waals surface area contributed by atoms with Gasteiger partial charge in [-0.15, -0.1) is 6.58 Å². The summed E-state index contributed by atoms with van der Waals surface area (Å²) in [7, 11) is 0. The predicted molar refractivity (Wildman–Crippen MR) is 137 cm³/mol. The van der Waals surface area contributed by atoms with Crippen LogP contribution < -0.4 is 10.1 Å². The van der Waals surface area contributed by atoms with Crippen LogP contribution in [0.15, 0.2) is 85.5 Å². The van der Waals surface area contributed by atoms with Gasteiger partial charge >= 0.3 is 0 Å². The number of imidazole rings is 1. The van der Waals surface area contributed by atoms with Crippen LogP contribution in [0, 0.1) is 6.92 Å². The van der Waals surface area contributed by atoms with E-state index in [0.717, 1.165) is 53.0 Å². The summed E-state index contributed by atoms with van der Waals surface area (Å²) < 4.78 is 8.36. The minimum atomic E-state index is -0.0382. The summed E-state index contributed by atoms with van der Waals surface area (Å²) in [6.45, 7) is 7.67. The molecule has 1 amide bonds. The number of nitrogens with zero attached hydrogens (tertiary/aromatic N) is 2. The molecule has 1 N–H and O–H groups in total. The molecule has 0 radical (unpaired) electrons. The van der Waals surface area contributed by atoms with E-state index >= 15 is 0 Å². The molecule has 1 aromatic heterocycles. The number of benzene rings is 3. The van der Waals surface area contributed by atoms with Crippen LogP contribution in [-0.2, 0) is 19.4 Å². The third-order valence-corrected chi connectivity index (χ3v) is 5.79. The number of aromatic nitrogens is 2. The summed E-state index contributed by atoms with van der Waals surface area (Å²) >= 11 is 0. The van der Waals surface area contributed by atoms with Crippen molar-refractivity contribution in [1.82, 2.24) is 14.9 Å². The molecule has 0 bridgehead atoms. The van der Waals surface area contributed by atoms with Gasteiger partial charge < -0.3 is 14.6 Å². The number of para-hydroxylation sites is 3. The van der Waals surface area contributed by atoms with Gasteiger partial charge in [-0.25, -0.2) is 4.98 Å².